The Kier molecular flexibility index (Phi) is 11.2. The summed E-state index contributed by atoms with van der Waals surface area (Å²) in [7, 11) is -4.72. The van der Waals surface area contributed by atoms with Crippen LogP contribution in [0.5, 0.6) is 0 Å². The number of unbranched alkanes of at least 4 members (excludes halogenated alkanes) is 3. The van der Waals surface area contributed by atoms with Crippen molar-refractivity contribution in [2.24, 2.45) is 5.73 Å². The number of urea groups is 1. The summed E-state index contributed by atoms with van der Waals surface area (Å²) in [4.78, 5) is 68.0. The van der Waals surface area contributed by atoms with Crippen LogP contribution in [0.25, 0.3) is 0 Å². The van der Waals surface area contributed by atoms with Crippen LogP contribution in [-0.4, -0.2) is 73.7 Å². The molecule has 2 aliphatic heterocycles. The minimum Gasteiger partial charge on any atom is -0.481 e. The summed E-state index contributed by atoms with van der Waals surface area (Å²) in [5.41, 5.74) is 5.99. The minimum atomic E-state index is -4.72. The molecule has 1 aromatic carbocycles. The Bertz CT molecular complexity index is 1200. The summed E-state index contributed by atoms with van der Waals surface area (Å²) in [5, 5.41) is 27.3. The molecule has 0 spiro atoms. The second-order valence-corrected chi connectivity index (χ2v) is 13.2. The van der Waals surface area contributed by atoms with Crippen molar-refractivity contribution in [3.05, 3.63) is 35.4 Å². The first-order valence-electron chi connectivity index (χ1n) is 13.3. The van der Waals surface area contributed by atoms with Crippen LogP contribution in [0.4, 0.5) is 4.79 Å². The van der Waals surface area contributed by atoms with Crippen molar-refractivity contribution < 1.29 is 38.6 Å². The summed E-state index contributed by atoms with van der Waals surface area (Å²) >= 11 is 1.46. The smallest absolute Gasteiger partial charge is 0.352 e. The molecule has 2 heterocycles. The van der Waals surface area contributed by atoms with Gasteiger partial charge in [-0.2, -0.15) is 0 Å². The largest absolute Gasteiger partial charge is 0.481 e. The molecule has 0 saturated carbocycles. The quantitative estimate of drug-likeness (QED) is 0.0423. The highest BCUT2D eigenvalue weighted by atomic mass is 32.2. The Hall–Kier alpha value is -3.13. The first-order chi connectivity index (χ1) is 19.3. The lowest BCUT2D eigenvalue weighted by molar-refractivity contribution is -0.137. The summed E-state index contributed by atoms with van der Waals surface area (Å²) in [6.45, 7) is 0.338. The summed E-state index contributed by atoms with van der Waals surface area (Å²) in [5.74, 6) is -2.79. The molecule has 226 valence electrons. The van der Waals surface area contributed by atoms with E-state index < -0.39 is 36.0 Å². The molecule has 16 heteroatoms. The maximum absolute atomic E-state index is 13.3. The van der Waals surface area contributed by atoms with Crippen molar-refractivity contribution in [1.29, 1.82) is 5.41 Å². The predicted molar refractivity (Wildman–Crippen MR) is 152 cm³/mol. The van der Waals surface area contributed by atoms with Gasteiger partial charge in [-0.3, -0.25) is 24.4 Å². The van der Waals surface area contributed by atoms with Crippen LogP contribution in [0.15, 0.2) is 24.3 Å². The number of nitrogen functional groups attached to an aromatic ring is 1. The zero-order chi connectivity index (χ0) is 30.2. The van der Waals surface area contributed by atoms with E-state index in [2.05, 4.69) is 21.3 Å². The SMILES string of the molecule is N=C(N)c1ccc(C(NC(=O)CCCCCNC(=O)[C@@]2(CCCCC(=O)O)SC[C@@H]3NC(=O)N[C@@H]32)P(=O)(O)O)cc1. The third kappa shape index (κ3) is 8.68. The average molecular weight is 613 g/mol. The lowest BCUT2D eigenvalue weighted by Crippen LogP contribution is -2.56. The number of thioether (sulfide) groups is 1. The van der Waals surface area contributed by atoms with Gasteiger partial charge in [0.05, 0.1) is 12.1 Å². The highest BCUT2D eigenvalue weighted by Gasteiger charge is 2.57. The number of benzene rings is 1. The second-order valence-electron chi connectivity index (χ2n) is 10.2. The van der Waals surface area contributed by atoms with Crippen molar-refractivity contribution in [3.63, 3.8) is 0 Å². The van der Waals surface area contributed by atoms with Crippen LogP contribution in [0.2, 0.25) is 0 Å². The second kappa shape index (κ2) is 14.2. The highest BCUT2D eigenvalue weighted by molar-refractivity contribution is 8.01. The first kappa shape index (κ1) is 32.4. The van der Waals surface area contributed by atoms with Gasteiger partial charge in [0, 0.05) is 30.7 Å². The van der Waals surface area contributed by atoms with Gasteiger partial charge >= 0.3 is 19.6 Å². The Morgan fingerprint density at radius 2 is 1.78 bits per heavy atom. The fraction of sp³-hybridized carbons (Fsp3) is 0.560. The number of hydrogen-bond acceptors (Lipinski definition) is 7. The number of carboxylic acid groups (broad SMARTS) is 1. The monoisotopic (exact) mass is 612 g/mol. The van der Waals surface area contributed by atoms with E-state index in [0.29, 0.717) is 56.4 Å². The van der Waals surface area contributed by atoms with E-state index in [4.69, 9.17) is 16.2 Å². The zero-order valence-electron chi connectivity index (χ0n) is 22.4. The van der Waals surface area contributed by atoms with E-state index in [9.17, 15) is 33.5 Å². The van der Waals surface area contributed by atoms with Crippen molar-refractivity contribution in [3.8, 4) is 0 Å². The zero-order valence-corrected chi connectivity index (χ0v) is 24.1. The van der Waals surface area contributed by atoms with Gasteiger partial charge in [0.25, 0.3) is 0 Å². The van der Waals surface area contributed by atoms with Gasteiger partial charge in [-0.05, 0) is 31.2 Å². The number of amidine groups is 1. The van der Waals surface area contributed by atoms with E-state index in [-0.39, 0.29) is 42.2 Å². The molecule has 0 aromatic heterocycles. The van der Waals surface area contributed by atoms with Gasteiger partial charge in [-0.25, -0.2) is 4.79 Å². The van der Waals surface area contributed by atoms with Gasteiger partial charge in [-0.15, -0.1) is 11.8 Å². The molecule has 2 aliphatic rings. The van der Waals surface area contributed by atoms with Gasteiger partial charge in [0.15, 0.2) is 5.78 Å². The van der Waals surface area contributed by atoms with Crippen LogP contribution in [0, 0.1) is 5.41 Å². The van der Waals surface area contributed by atoms with E-state index in [1.807, 2.05) is 0 Å². The molecular weight excluding hydrogens is 575 g/mol. The van der Waals surface area contributed by atoms with Crippen molar-refractivity contribution >= 4 is 49.0 Å². The molecule has 14 nitrogen and oxygen atoms in total. The van der Waals surface area contributed by atoms with E-state index in [0.717, 1.165) is 0 Å². The van der Waals surface area contributed by atoms with Crippen LogP contribution >= 0.6 is 19.4 Å². The topological polar surface area (TPSA) is 244 Å². The molecular formula is C25H37N6O8PS. The number of carboxylic acids is 1. The Balaban J connectivity index is 1.45. The van der Waals surface area contributed by atoms with Crippen LogP contribution in [0.3, 0.4) is 0 Å². The van der Waals surface area contributed by atoms with E-state index in [1.165, 1.54) is 36.0 Å². The number of hydrogen-bond donors (Lipinski definition) is 9. The number of fused-ring (bicyclic) bond motifs is 1. The Morgan fingerprint density at radius 3 is 2.41 bits per heavy atom. The maximum atomic E-state index is 13.3. The third-order valence-corrected chi connectivity index (χ3v) is 9.92. The fourth-order valence-electron chi connectivity index (χ4n) is 5.02. The molecule has 1 aromatic rings. The molecule has 10 N–H and O–H groups in total. The normalized spacial score (nSPS) is 22.2. The van der Waals surface area contributed by atoms with E-state index in [1.54, 1.807) is 0 Å². The molecule has 1 unspecified atom stereocenters. The maximum Gasteiger partial charge on any atom is 0.352 e. The molecule has 0 radical (unpaired) electrons. The molecule has 3 rings (SSSR count). The third-order valence-electron chi connectivity index (χ3n) is 7.14. The van der Waals surface area contributed by atoms with Gasteiger partial charge < -0.3 is 41.9 Å². The summed E-state index contributed by atoms with van der Waals surface area (Å²) in [6.07, 6.45) is 2.99. The average Bonchev–Trinajstić information content (AvgIpc) is 3.44. The molecule has 2 saturated heterocycles. The number of carbonyl (C=O) groups is 4. The van der Waals surface area contributed by atoms with Crippen LogP contribution in [-0.2, 0) is 18.9 Å². The van der Waals surface area contributed by atoms with Gasteiger partial charge in [-0.1, -0.05) is 37.1 Å². The Morgan fingerprint density at radius 1 is 1.10 bits per heavy atom. The summed E-state index contributed by atoms with van der Waals surface area (Å²) in [6, 6.07) is 4.80. The number of nitrogens with two attached hydrogens (primary N) is 1. The molecule has 4 amide bonds. The highest BCUT2D eigenvalue weighted by Crippen LogP contribution is 2.50. The van der Waals surface area contributed by atoms with Gasteiger partial charge in [0.2, 0.25) is 11.8 Å². The van der Waals surface area contributed by atoms with Crippen molar-refractivity contribution in [1.82, 2.24) is 21.3 Å². The van der Waals surface area contributed by atoms with Crippen LogP contribution in [0.1, 0.15) is 68.3 Å². The Labute approximate surface area is 241 Å². The fourth-order valence-corrected chi connectivity index (χ4v) is 7.54. The summed E-state index contributed by atoms with van der Waals surface area (Å²) < 4.78 is 11.1. The number of amides is 4. The standard InChI is InChI=1S/C25H37N6O8PS/c26-21(27)15-8-10-16(11-9-15)22(40(37,38)39)30-18(32)6-2-1-5-13-28-23(35)25(12-4-3-7-19(33)34)20-17(14-41-25)29-24(36)31-20/h8-11,17,20,22H,1-7,12-14H2,(H3,26,27)(H,28,35)(H,30,32)(H,33,34)(H2,29,31,36)(H2,37,38,39)/t17-,20-,22?,25-/m0/s1. The lowest BCUT2D eigenvalue weighted by atomic mass is 9.88. The number of carbonyl (C=O) groups excluding carboxylic acids is 3. The van der Waals surface area contributed by atoms with Gasteiger partial charge in [0.1, 0.15) is 10.6 Å². The van der Waals surface area contributed by atoms with Crippen LogP contribution < -0.4 is 27.0 Å². The molecule has 4 atom stereocenters. The molecule has 41 heavy (non-hydrogen) atoms. The van der Waals surface area contributed by atoms with E-state index >= 15 is 0 Å². The van der Waals surface area contributed by atoms with Crippen molar-refractivity contribution in [2.45, 2.75) is 74.0 Å². The number of aliphatic carboxylic acids is 1. The predicted octanol–water partition coefficient (Wildman–Crippen LogP) is 1.12. The first-order valence-corrected chi connectivity index (χ1v) is 16.0. The van der Waals surface area contributed by atoms with Crippen molar-refractivity contribution in [2.75, 3.05) is 12.3 Å². The molecule has 2 fully saturated rings. The number of nitrogens with one attached hydrogen (secondary N) is 5. The lowest BCUT2D eigenvalue weighted by Gasteiger charge is -2.32. The molecule has 0 aliphatic carbocycles. The molecule has 0 bridgehead atoms. The number of rotatable bonds is 16. The minimum absolute atomic E-state index is 0.00962.